The van der Waals surface area contributed by atoms with Crippen LogP contribution < -0.4 is 10.2 Å². The van der Waals surface area contributed by atoms with E-state index in [9.17, 15) is 4.79 Å². The molecule has 3 rings (SSSR count). The highest BCUT2D eigenvalue weighted by molar-refractivity contribution is 6.33. The Morgan fingerprint density at radius 3 is 2.38 bits per heavy atom. The van der Waals surface area contributed by atoms with Crippen LogP contribution in [0.2, 0.25) is 5.02 Å². The number of nitrogens with one attached hydrogen (secondary N) is 1. The highest BCUT2D eigenvalue weighted by atomic mass is 35.5. The Kier molecular flexibility index (Phi) is 6.17. The summed E-state index contributed by atoms with van der Waals surface area (Å²) in [7, 11) is 0. The first kappa shape index (κ1) is 18.7. The molecule has 5 heteroatoms. The Bertz CT molecular complexity index is 739. The van der Waals surface area contributed by atoms with Gasteiger partial charge in [0.05, 0.1) is 16.8 Å². The fraction of sp³-hybridized carbons (Fsp3) is 0.381. The maximum absolute atomic E-state index is 12.5. The summed E-state index contributed by atoms with van der Waals surface area (Å²) in [5.74, 6) is 0.0803. The van der Waals surface area contributed by atoms with Crippen molar-refractivity contribution in [3.8, 4) is 0 Å². The van der Waals surface area contributed by atoms with E-state index < -0.39 is 0 Å². The monoisotopic (exact) mass is 371 g/mol. The highest BCUT2D eigenvalue weighted by Gasteiger charge is 2.26. The van der Waals surface area contributed by atoms with Crippen molar-refractivity contribution >= 4 is 23.2 Å². The topological polar surface area (TPSA) is 35.6 Å². The van der Waals surface area contributed by atoms with Crippen molar-refractivity contribution in [2.45, 2.75) is 26.4 Å². The largest absolute Gasteiger partial charge is 0.368 e. The Labute approximate surface area is 160 Å². The molecule has 1 fully saturated rings. The van der Waals surface area contributed by atoms with Gasteiger partial charge in [-0.15, -0.1) is 0 Å². The number of halogens is 1. The fourth-order valence-corrected chi connectivity index (χ4v) is 3.52. The van der Waals surface area contributed by atoms with Gasteiger partial charge in [0.2, 0.25) is 5.91 Å². The van der Waals surface area contributed by atoms with Crippen molar-refractivity contribution in [3.63, 3.8) is 0 Å². The lowest BCUT2D eigenvalue weighted by molar-refractivity contribution is -0.126. The van der Waals surface area contributed by atoms with Crippen molar-refractivity contribution in [3.05, 3.63) is 64.7 Å². The SMILES string of the molecule is Cc1ccc(CNC(=O)[C@H](C)N2CCN(c3ccccc3Cl)CC2)cc1. The van der Waals surface area contributed by atoms with Crippen LogP contribution in [0, 0.1) is 6.92 Å². The van der Waals surface area contributed by atoms with E-state index in [0.29, 0.717) is 6.54 Å². The van der Waals surface area contributed by atoms with Gasteiger partial charge in [0.25, 0.3) is 0 Å². The second kappa shape index (κ2) is 8.56. The first-order valence-corrected chi connectivity index (χ1v) is 9.49. The molecule has 0 aliphatic carbocycles. The molecular weight excluding hydrogens is 346 g/mol. The summed E-state index contributed by atoms with van der Waals surface area (Å²) >= 11 is 6.30. The van der Waals surface area contributed by atoms with Crippen molar-refractivity contribution in [2.24, 2.45) is 0 Å². The average Bonchev–Trinajstić information content (AvgIpc) is 2.67. The number of benzene rings is 2. The van der Waals surface area contributed by atoms with Crippen LogP contribution in [0.4, 0.5) is 5.69 Å². The van der Waals surface area contributed by atoms with E-state index in [-0.39, 0.29) is 11.9 Å². The molecular formula is C21H26ClN3O. The number of carbonyl (C=O) groups is 1. The molecule has 2 aromatic rings. The van der Waals surface area contributed by atoms with E-state index in [1.807, 2.05) is 25.1 Å². The van der Waals surface area contributed by atoms with Crippen LogP contribution in [0.3, 0.4) is 0 Å². The number of aryl methyl sites for hydroxylation is 1. The number of hydrogen-bond donors (Lipinski definition) is 1. The summed E-state index contributed by atoms with van der Waals surface area (Å²) < 4.78 is 0. The van der Waals surface area contributed by atoms with E-state index in [0.717, 1.165) is 42.5 Å². The third kappa shape index (κ3) is 4.57. The Balaban J connectivity index is 1.49. The fourth-order valence-electron chi connectivity index (χ4n) is 3.27. The van der Waals surface area contributed by atoms with Gasteiger partial charge in [-0.2, -0.15) is 0 Å². The number of carbonyl (C=O) groups excluding carboxylic acids is 1. The lowest BCUT2D eigenvalue weighted by atomic mass is 10.1. The average molecular weight is 372 g/mol. The molecule has 138 valence electrons. The lowest BCUT2D eigenvalue weighted by Gasteiger charge is -2.38. The van der Waals surface area contributed by atoms with Crippen LogP contribution in [0.15, 0.2) is 48.5 Å². The minimum atomic E-state index is -0.131. The summed E-state index contributed by atoms with van der Waals surface area (Å²) in [6.07, 6.45) is 0. The summed E-state index contributed by atoms with van der Waals surface area (Å²) in [5.41, 5.74) is 3.43. The molecule has 0 aromatic heterocycles. The van der Waals surface area contributed by atoms with Crippen molar-refractivity contribution in [1.29, 1.82) is 0 Å². The summed E-state index contributed by atoms with van der Waals surface area (Å²) in [6.45, 7) is 8.07. The molecule has 0 radical (unpaired) electrons. The molecule has 1 heterocycles. The van der Waals surface area contributed by atoms with Gasteiger partial charge in [0.1, 0.15) is 0 Å². The molecule has 0 bridgehead atoms. The van der Waals surface area contributed by atoms with E-state index in [1.165, 1.54) is 5.56 Å². The second-order valence-corrected chi connectivity index (χ2v) is 7.26. The number of amides is 1. The van der Waals surface area contributed by atoms with E-state index >= 15 is 0 Å². The maximum Gasteiger partial charge on any atom is 0.237 e. The van der Waals surface area contributed by atoms with Crippen LogP contribution in [-0.4, -0.2) is 43.0 Å². The molecule has 1 atom stereocenters. The molecule has 1 amide bonds. The van der Waals surface area contributed by atoms with Gasteiger partial charge in [-0.05, 0) is 31.5 Å². The predicted octanol–water partition coefficient (Wildman–Crippen LogP) is 3.48. The van der Waals surface area contributed by atoms with Crippen LogP contribution in [0.5, 0.6) is 0 Å². The van der Waals surface area contributed by atoms with Crippen LogP contribution in [0.25, 0.3) is 0 Å². The number of rotatable bonds is 5. The van der Waals surface area contributed by atoms with Gasteiger partial charge >= 0.3 is 0 Å². The molecule has 2 aromatic carbocycles. The van der Waals surface area contributed by atoms with E-state index in [2.05, 4.69) is 52.4 Å². The number of piperazine rings is 1. The van der Waals surface area contributed by atoms with Gasteiger partial charge < -0.3 is 10.2 Å². The van der Waals surface area contributed by atoms with Gasteiger partial charge in [-0.25, -0.2) is 0 Å². The van der Waals surface area contributed by atoms with Gasteiger partial charge in [-0.1, -0.05) is 53.6 Å². The molecule has 4 nitrogen and oxygen atoms in total. The zero-order valence-corrected chi connectivity index (χ0v) is 16.2. The van der Waals surface area contributed by atoms with Gasteiger partial charge in [0.15, 0.2) is 0 Å². The maximum atomic E-state index is 12.5. The molecule has 0 unspecified atom stereocenters. The normalized spacial score (nSPS) is 16.3. The molecule has 1 saturated heterocycles. The van der Waals surface area contributed by atoms with Crippen molar-refractivity contribution < 1.29 is 4.79 Å². The summed E-state index contributed by atoms with van der Waals surface area (Å²) in [5, 5.41) is 3.83. The first-order chi connectivity index (χ1) is 12.5. The highest BCUT2D eigenvalue weighted by Crippen LogP contribution is 2.26. The summed E-state index contributed by atoms with van der Waals surface area (Å²) in [6, 6.07) is 16.1. The van der Waals surface area contributed by atoms with Crippen LogP contribution in [-0.2, 0) is 11.3 Å². The third-order valence-electron chi connectivity index (χ3n) is 5.02. The van der Waals surface area contributed by atoms with Crippen LogP contribution >= 0.6 is 11.6 Å². The summed E-state index contributed by atoms with van der Waals surface area (Å²) in [4.78, 5) is 17.0. The number of anilines is 1. The molecule has 0 saturated carbocycles. The van der Waals surface area contributed by atoms with Crippen molar-refractivity contribution in [2.75, 3.05) is 31.1 Å². The molecule has 0 spiro atoms. The molecule has 1 aliphatic rings. The third-order valence-corrected chi connectivity index (χ3v) is 5.34. The Morgan fingerprint density at radius 2 is 1.73 bits per heavy atom. The minimum Gasteiger partial charge on any atom is -0.368 e. The van der Waals surface area contributed by atoms with E-state index in [1.54, 1.807) is 0 Å². The number of hydrogen-bond acceptors (Lipinski definition) is 3. The quantitative estimate of drug-likeness (QED) is 0.874. The smallest absolute Gasteiger partial charge is 0.237 e. The number of para-hydroxylation sites is 1. The predicted molar refractivity (Wildman–Crippen MR) is 108 cm³/mol. The minimum absolute atomic E-state index is 0.0803. The molecule has 1 N–H and O–H groups in total. The Hall–Kier alpha value is -2.04. The lowest BCUT2D eigenvalue weighted by Crippen LogP contribution is -2.53. The van der Waals surface area contributed by atoms with Crippen LogP contribution in [0.1, 0.15) is 18.1 Å². The number of nitrogens with zero attached hydrogens (tertiary/aromatic N) is 2. The Morgan fingerprint density at radius 1 is 1.08 bits per heavy atom. The van der Waals surface area contributed by atoms with E-state index in [4.69, 9.17) is 11.6 Å². The first-order valence-electron chi connectivity index (χ1n) is 9.11. The zero-order valence-electron chi connectivity index (χ0n) is 15.4. The zero-order chi connectivity index (χ0) is 18.5. The van der Waals surface area contributed by atoms with Crippen molar-refractivity contribution in [1.82, 2.24) is 10.2 Å². The molecule has 26 heavy (non-hydrogen) atoms. The molecule has 1 aliphatic heterocycles. The second-order valence-electron chi connectivity index (χ2n) is 6.85. The van der Waals surface area contributed by atoms with Gasteiger partial charge in [-0.3, -0.25) is 9.69 Å². The standard InChI is InChI=1S/C21H26ClN3O/c1-16-7-9-18(10-8-16)15-23-21(26)17(2)24-11-13-25(14-12-24)20-6-4-3-5-19(20)22/h3-10,17H,11-15H2,1-2H3,(H,23,26)/t17-/m0/s1. The van der Waals surface area contributed by atoms with Gasteiger partial charge in [0, 0.05) is 32.7 Å².